The first-order valence-electron chi connectivity index (χ1n) is 14.2. The number of benzene rings is 1. The Labute approximate surface area is 245 Å². The predicted octanol–water partition coefficient (Wildman–Crippen LogP) is 5.17. The van der Waals surface area contributed by atoms with Crippen LogP contribution in [0.5, 0.6) is 0 Å². The van der Waals surface area contributed by atoms with Gasteiger partial charge in [0.15, 0.2) is 0 Å². The Bertz CT molecular complexity index is 1120. The Kier molecular flexibility index (Phi) is 9.98. The van der Waals surface area contributed by atoms with E-state index < -0.39 is 65.6 Å². The molecule has 13 heteroatoms. The summed E-state index contributed by atoms with van der Waals surface area (Å²) in [6.45, 7) is 12.9. The number of aliphatic carboxylic acids is 1. The number of likely N-dealkylation sites (tertiary alicyclic amines) is 1. The molecular formula is C29H42BF3N2O7. The number of carbonyl (C=O) groups is 3. The Hall–Kier alpha value is -2.80. The molecule has 42 heavy (non-hydrogen) atoms. The Morgan fingerprint density at radius 3 is 2.14 bits per heavy atom. The van der Waals surface area contributed by atoms with Crippen molar-refractivity contribution in [2.75, 3.05) is 13.1 Å². The number of carboxylic acids is 1. The third-order valence-corrected chi connectivity index (χ3v) is 8.10. The van der Waals surface area contributed by atoms with Crippen LogP contribution in [0.15, 0.2) is 24.3 Å². The van der Waals surface area contributed by atoms with E-state index in [0.717, 1.165) is 12.1 Å². The van der Waals surface area contributed by atoms with Crippen LogP contribution in [-0.4, -0.2) is 71.0 Å². The fourth-order valence-electron chi connectivity index (χ4n) is 5.19. The maximum Gasteiger partial charge on any atom is 0.457 e. The summed E-state index contributed by atoms with van der Waals surface area (Å²) in [5, 5.41) is 12.4. The van der Waals surface area contributed by atoms with Gasteiger partial charge in [-0.2, -0.15) is 13.2 Å². The number of alkyl carbamates (subject to hydrolysis) is 1. The monoisotopic (exact) mass is 598 g/mol. The number of nitrogens with one attached hydrogen (secondary N) is 1. The molecule has 0 aliphatic carbocycles. The summed E-state index contributed by atoms with van der Waals surface area (Å²) >= 11 is 0. The Balaban J connectivity index is 1.70. The van der Waals surface area contributed by atoms with E-state index in [1.54, 1.807) is 20.8 Å². The molecule has 2 N–H and O–H groups in total. The molecule has 1 unspecified atom stereocenters. The van der Waals surface area contributed by atoms with Crippen LogP contribution in [0, 0.1) is 11.8 Å². The minimum absolute atomic E-state index is 0.0468. The predicted molar refractivity (Wildman–Crippen MR) is 150 cm³/mol. The lowest BCUT2D eigenvalue weighted by Crippen LogP contribution is -2.50. The van der Waals surface area contributed by atoms with E-state index in [-0.39, 0.29) is 25.4 Å². The number of hydrogen-bond donors (Lipinski definition) is 2. The number of hydrogen-bond acceptors (Lipinski definition) is 6. The Morgan fingerprint density at radius 1 is 1.07 bits per heavy atom. The summed E-state index contributed by atoms with van der Waals surface area (Å²) in [5.74, 6) is -2.69. The summed E-state index contributed by atoms with van der Waals surface area (Å²) < 4.78 is 56.5. The molecule has 3 atom stereocenters. The van der Waals surface area contributed by atoms with E-state index in [1.165, 1.54) is 17.0 Å². The highest BCUT2D eigenvalue weighted by Gasteiger charge is 2.51. The highest BCUT2D eigenvalue weighted by Crippen LogP contribution is 2.39. The number of ether oxygens (including phenoxy) is 1. The molecule has 234 valence electrons. The topological polar surface area (TPSA) is 114 Å². The van der Waals surface area contributed by atoms with Gasteiger partial charge in [-0.1, -0.05) is 18.6 Å². The molecule has 2 amide bonds. The standard InChI is InChI=1S/C29H42BF3N2O7/c1-26(2,3)40-25(39)34-22(15-18-10-12-20(13-11-18)29(31,32)33)23(36)35-16-19(21(17-35)24(37)38)9-8-14-30-41-27(4,5)28(6,7)42-30/h10-13,19,21-22H,8-9,14-17H2,1-7H3,(H,34,39)(H,37,38)/t19-,21+,22?/m0/s1. The lowest BCUT2D eigenvalue weighted by atomic mass is 9.79. The van der Waals surface area contributed by atoms with E-state index in [9.17, 15) is 32.7 Å². The number of nitrogens with zero attached hydrogens (tertiary/aromatic N) is 1. The van der Waals surface area contributed by atoms with Crippen LogP contribution >= 0.6 is 0 Å². The van der Waals surface area contributed by atoms with Crippen molar-refractivity contribution in [1.82, 2.24) is 10.2 Å². The molecule has 9 nitrogen and oxygen atoms in total. The van der Waals surface area contributed by atoms with Crippen LogP contribution in [0.1, 0.15) is 72.4 Å². The van der Waals surface area contributed by atoms with Gasteiger partial charge in [0.25, 0.3) is 0 Å². The number of amides is 2. The highest BCUT2D eigenvalue weighted by molar-refractivity contribution is 6.45. The van der Waals surface area contributed by atoms with E-state index >= 15 is 0 Å². The van der Waals surface area contributed by atoms with E-state index in [4.69, 9.17) is 14.0 Å². The average molecular weight is 598 g/mol. The molecule has 0 saturated carbocycles. The van der Waals surface area contributed by atoms with Crippen molar-refractivity contribution in [1.29, 1.82) is 0 Å². The van der Waals surface area contributed by atoms with Crippen LogP contribution < -0.4 is 5.32 Å². The largest absolute Gasteiger partial charge is 0.481 e. The van der Waals surface area contributed by atoms with Crippen LogP contribution in [0.4, 0.5) is 18.0 Å². The van der Waals surface area contributed by atoms with Gasteiger partial charge in [0.2, 0.25) is 5.91 Å². The molecule has 1 aromatic rings. The molecule has 2 aliphatic rings. The third kappa shape index (κ3) is 8.62. The van der Waals surface area contributed by atoms with Crippen molar-refractivity contribution >= 4 is 25.1 Å². The van der Waals surface area contributed by atoms with Gasteiger partial charge in [0.1, 0.15) is 11.6 Å². The fraction of sp³-hybridized carbons (Fsp3) is 0.690. The summed E-state index contributed by atoms with van der Waals surface area (Å²) in [6, 6.07) is 3.16. The molecule has 2 aliphatic heterocycles. The van der Waals surface area contributed by atoms with Gasteiger partial charge in [-0.05, 0) is 84.8 Å². The smallest absolute Gasteiger partial charge is 0.457 e. The number of carboxylic acid groups (broad SMARTS) is 1. The van der Waals surface area contributed by atoms with Crippen LogP contribution in [0.2, 0.25) is 6.32 Å². The molecule has 2 heterocycles. The number of rotatable bonds is 9. The fourth-order valence-corrected chi connectivity index (χ4v) is 5.19. The number of halogens is 3. The van der Waals surface area contributed by atoms with Gasteiger partial charge < -0.3 is 29.4 Å². The van der Waals surface area contributed by atoms with Crippen molar-refractivity contribution in [2.24, 2.45) is 11.8 Å². The molecule has 2 fully saturated rings. The average Bonchev–Trinajstić information content (AvgIpc) is 3.34. The molecule has 3 rings (SSSR count). The van der Waals surface area contributed by atoms with Gasteiger partial charge in [0.05, 0.1) is 22.7 Å². The van der Waals surface area contributed by atoms with Crippen molar-refractivity contribution in [3.63, 3.8) is 0 Å². The van der Waals surface area contributed by atoms with Crippen molar-refractivity contribution in [3.8, 4) is 0 Å². The second-order valence-corrected chi connectivity index (χ2v) is 13.2. The van der Waals surface area contributed by atoms with Crippen molar-refractivity contribution in [2.45, 2.75) is 103 Å². The van der Waals surface area contributed by atoms with Crippen molar-refractivity contribution < 1.29 is 46.7 Å². The molecule has 2 saturated heterocycles. The minimum atomic E-state index is -4.51. The summed E-state index contributed by atoms with van der Waals surface area (Å²) in [7, 11) is -0.413. The first-order chi connectivity index (χ1) is 19.2. The molecule has 0 aromatic heterocycles. The van der Waals surface area contributed by atoms with Crippen LogP contribution in [0.3, 0.4) is 0 Å². The molecular weight excluding hydrogens is 556 g/mol. The van der Waals surface area contributed by atoms with E-state index in [0.29, 0.717) is 24.7 Å². The minimum Gasteiger partial charge on any atom is -0.481 e. The SMILES string of the molecule is CC(C)(C)OC(=O)NC(Cc1ccc(C(F)(F)F)cc1)C(=O)N1C[C@H](CCCB2OC(C)(C)C(C)(C)O2)[C@H](C(=O)O)C1. The van der Waals surface area contributed by atoms with Gasteiger partial charge in [-0.25, -0.2) is 4.79 Å². The van der Waals surface area contributed by atoms with Crippen molar-refractivity contribution in [3.05, 3.63) is 35.4 Å². The molecule has 0 radical (unpaired) electrons. The molecule has 0 bridgehead atoms. The van der Waals surface area contributed by atoms with Gasteiger partial charge >= 0.3 is 25.4 Å². The van der Waals surface area contributed by atoms with Crippen LogP contribution in [-0.2, 0) is 36.2 Å². The first kappa shape index (κ1) is 33.7. The molecule has 0 spiro atoms. The van der Waals surface area contributed by atoms with Gasteiger partial charge in [-0.15, -0.1) is 0 Å². The lowest BCUT2D eigenvalue weighted by molar-refractivity contribution is -0.143. The summed E-state index contributed by atoms with van der Waals surface area (Å²) in [6.07, 6.45) is -3.76. The maximum atomic E-state index is 13.7. The normalized spacial score (nSPS) is 22.6. The zero-order chi connectivity index (χ0) is 31.7. The number of carbonyl (C=O) groups excluding carboxylic acids is 2. The lowest BCUT2D eigenvalue weighted by Gasteiger charge is -2.32. The quantitative estimate of drug-likeness (QED) is 0.377. The summed E-state index contributed by atoms with van der Waals surface area (Å²) in [4.78, 5) is 39.8. The van der Waals surface area contributed by atoms with Gasteiger partial charge in [0, 0.05) is 19.5 Å². The maximum absolute atomic E-state index is 13.7. The highest BCUT2D eigenvalue weighted by atomic mass is 19.4. The van der Waals surface area contributed by atoms with Gasteiger partial charge in [-0.3, -0.25) is 9.59 Å². The Morgan fingerprint density at radius 2 is 1.64 bits per heavy atom. The second kappa shape index (κ2) is 12.4. The van der Waals surface area contributed by atoms with Crippen LogP contribution in [0.25, 0.3) is 0 Å². The van der Waals surface area contributed by atoms with E-state index in [1.807, 2.05) is 27.7 Å². The zero-order valence-corrected chi connectivity index (χ0v) is 25.3. The zero-order valence-electron chi connectivity index (χ0n) is 25.3. The third-order valence-electron chi connectivity index (χ3n) is 8.10. The second-order valence-electron chi connectivity index (χ2n) is 13.2. The first-order valence-corrected chi connectivity index (χ1v) is 14.2. The summed E-state index contributed by atoms with van der Waals surface area (Å²) in [5.41, 5.74) is -2.23. The number of alkyl halides is 3. The van der Waals surface area contributed by atoms with E-state index in [2.05, 4.69) is 5.32 Å². The molecule has 1 aromatic carbocycles.